The molecule has 6 nitrogen and oxygen atoms in total. The molecule has 1 unspecified atom stereocenters. The van der Waals surface area contributed by atoms with Crippen molar-refractivity contribution in [3.8, 4) is 5.75 Å². The van der Waals surface area contributed by atoms with Crippen LogP contribution in [-0.2, 0) is 4.79 Å². The molecule has 1 amide bonds. The Hall–Kier alpha value is -2.50. The van der Waals surface area contributed by atoms with E-state index >= 15 is 0 Å². The first-order valence-electron chi connectivity index (χ1n) is 6.24. The summed E-state index contributed by atoms with van der Waals surface area (Å²) in [7, 11) is 0. The van der Waals surface area contributed by atoms with Gasteiger partial charge < -0.3 is 20.2 Å². The minimum absolute atomic E-state index is 0.0898. The maximum atomic E-state index is 11.8. The number of aryl methyl sites for hydroxylation is 1. The van der Waals surface area contributed by atoms with Crippen LogP contribution in [0.5, 0.6) is 5.75 Å². The average Bonchev–Trinajstić information content (AvgIpc) is 2.83. The Bertz CT molecular complexity index is 595. The number of oxazole rings is 1. The average molecular weight is 275 g/mol. The third kappa shape index (κ3) is 3.74. The van der Waals surface area contributed by atoms with Gasteiger partial charge in [-0.2, -0.15) is 0 Å². The fraction of sp³-hybridized carbons (Fsp3) is 0.286. The summed E-state index contributed by atoms with van der Waals surface area (Å²) >= 11 is 0. The van der Waals surface area contributed by atoms with E-state index in [2.05, 4.69) is 10.3 Å². The van der Waals surface area contributed by atoms with E-state index in [9.17, 15) is 4.79 Å². The van der Waals surface area contributed by atoms with Crippen LogP contribution in [0.3, 0.4) is 0 Å². The summed E-state index contributed by atoms with van der Waals surface area (Å²) in [6, 6.07) is 6.61. The monoisotopic (exact) mass is 275 g/mol. The van der Waals surface area contributed by atoms with Crippen molar-refractivity contribution < 1.29 is 13.9 Å². The number of nitrogens with two attached hydrogens (primary N) is 1. The van der Waals surface area contributed by atoms with Crippen molar-refractivity contribution in [1.29, 1.82) is 0 Å². The minimum Gasteiger partial charge on any atom is -0.484 e. The normalized spacial score (nSPS) is 11.9. The molecule has 0 aliphatic heterocycles. The molecule has 0 aliphatic rings. The third-order valence-corrected chi connectivity index (χ3v) is 2.62. The lowest BCUT2D eigenvalue weighted by molar-refractivity contribution is -0.123. The number of nitrogens with one attached hydrogen (secondary N) is 1. The van der Waals surface area contributed by atoms with Crippen molar-refractivity contribution in [3.05, 3.63) is 42.1 Å². The SMILES string of the molecule is Cc1cnc(C(C)NC(=O)COc2cccc(N)c2)o1. The van der Waals surface area contributed by atoms with Crippen molar-refractivity contribution in [3.63, 3.8) is 0 Å². The first-order chi connectivity index (χ1) is 9.54. The highest BCUT2D eigenvalue weighted by atomic mass is 16.5. The van der Waals surface area contributed by atoms with Crippen LogP contribution in [-0.4, -0.2) is 17.5 Å². The molecule has 106 valence electrons. The zero-order valence-electron chi connectivity index (χ0n) is 11.4. The first kappa shape index (κ1) is 13.9. The topological polar surface area (TPSA) is 90.4 Å². The molecule has 3 N–H and O–H groups in total. The lowest BCUT2D eigenvalue weighted by atomic mass is 10.3. The molecule has 0 bridgehead atoms. The van der Waals surface area contributed by atoms with Gasteiger partial charge in [-0.1, -0.05) is 6.07 Å². The summed E-state index contributed by atoms with van der Waals surface area (Å²) in [5, 5.41) is 2.74. The van der Waals surface area contributed by atoms with Crippen molar-refractivity contribution >= 4 is 11.6 Å². The van der Waals surface area contributed by atoms with Crippen LogP contribution in [0.2, 0.25) is 0 Å². The Labute approximate surface area is 116 Å². The number of hydrogen-bond acceptors (Lipinski definition) is 5. The number of hydrogen-bond donors (Lipinski definition) is 2. The van der Waals surface area contributed by atoms with Crippen molar-refractivity contribution in [2.24, 2.45) is 0 Å². The molecule has 1 heterocycles. The Morgan fingerprint density at radius 3 is 3.00 bits per heavy atom. The van der Waals surface area contributed by atoms with Crippen LogP contribution in [0.1, 0.15) is 24.6 Å². The van der Waals surface area contributed by atoms with Gasteiger partial charge in [0.1, 0.15) is 17.6 Å². The number of nitrogens with zero attached hydrogens (tertiary/aromatic N) is 1. The van der Waals surface area contributed by atoms with E-state index in [-0.39, 0.29) is 18.6 Å². The maximum Gasteiger partial charge on any atom is 0.258 e. The molecule has 0 saturated carbocycles. The van der Waals surface area contributed by atoms with E-state index in [0.717, 1.165) is 0 Å². The van der Waals surface area contributed by atoms with Crippen LogP contribution in [0.4, 0.5) is 5.69 Å². The van der Waals surface area contributed by atoms with Crippen LogP contribution in [0, 0.1) is 6.92 Å². The second-order valence-electron chi connectivity index (χ2n) is 4.46. The highest BCUT2D eigenvalue weighted by Crippen LogP contribution is 2.15. The van der Waals surface area contributed by atoms with Gasteiger partial charge in [-0.25, -0.2) is 4.98 Å². The summed E-state index contributed by atoms with van der Waals surface area (Å²) in [6.45, 7) is 3.51. The number of ether oxygens (including phenoxy) is 1. The zero-order chi connectivity index (χ0) is 14.5. The predicted molar refractivity (Wildman–Crippen MR) is 74.1 cm³/mol. The summed E-state index contributed by atoms with van der Waals surface area (Å²) in [5.74, 6) is 1.48. The highest BCUT2D eigenvalue weighted by Gasteiger charge is 2.14. The van der Waals surface area contributed by atoms with E-state index < -0.39 is 0 Å². The molecule has 6 heteroatoms. The lowest BCUT2D eigenvalue weighted by Gasteiger charge is -2.11. The van der Waals surface area contributed by atoms with Gasteiger partial charge in [-0.15, -0.1) is 0 Å². The number of nitrogen functional groups attached to an aromatic ring is 1. The molecule has 1 aromatic heterocycles. The van der Waals surface area contributed by atoms with Crippen molar-refractivity contribution in [1.82, 2.24) is 10.3 Å². The standard InChI is InChI=1S/C14H17N3O3/c1-9-7-16-14(20-9)10(2)17-13(18)8-19-12-5-3-4-11(15)6-12/h3-7,10H,8,15H2,1-2H3,(H,17,18). The van der Waals surface area contributed by atoms with E-state index in [0.29, 0.717) is 23.1 Å². The van der Waals surface area contributed by atoms with E-state index in [1.54, 1.807) is 44.3 Å². The van der Waals surface area contributed by atoms with Gasteiger partial charge in [0.2, 0.25) is 5.89 Å². The Balaban J connectivity index is 1.83. The molecular weight excluding hydrogens is 258 g/mol. The van der Waals surface area contributed by atoms with Gasteiger partial charge in [0, 0.05) is 11.8 Å². The zero-order valence-corrected chi connectivity index (χ0v) is 11.4. The Morgan fingerprint density at radius 1 is 1.55 bits per heavy atom. The van der Waals surface area contributed by atoms with E-state index in [4.69, 9.17) is 14.9 Å². The molecule has 0 spiro atoms. The molecule has 2 rings (SSSR count). The third-order valence-electron chi connectivity index (χ3n) is 2.62. The summed E-state index contributed by atoms with van der Waals surface area (Å²) < 4.78 is 10.7. The Kier molecular flexibility index (Phi) is 4.24. The minimum atomic E-state index is -0.305. The molecule has 0 aliphatic carbocycles. The van der Waals surface area contributed by atoms with Crippen LogP contribution < -0.4 is 15.8 Å². The summed E-state index contributed by atoms with van der Waals surface area (Å²) in [6.07, 6.45) is 1.61. The number of rotatable bonds is 5. The Morgan fingerprint density at radius 2 is 2.35 bits per heavy atom. The van der Waals surface area contributed by atoms with E-state index in [1.807, 2.05) is 0 Å². The molecule has 0 radical (unpaired) electrons. The lowest BCUT2D eigenvalue weighted by Crippen LogP contribution is -2.31. The predicted octanol–water partition coefficient (Wildman–Crippen LogP) is 1.82. The number of amides is 1. The van der Waals surface area contributed by atoms with Gasteiger partial charge >= 0.3 is 0 Å². The number of aromatic nitrogens is 1. The molecule has 20 heavy (non-hydrogen) atoms. The maximum absolute atomic E-state index is 11.8. The number of carbonyl (C=O) groups is 1. The smallest absolute Gasteiger partial charge is 0.258 e. The molecular formula is C14H17N3O3. The van der Waals surface area contributed by atoms with E-state index in [1.165, 1.54) is 0 Å². The van der Waals surface area contributed by atoms with Crippen LogP contribution in [0.25, 0.3) is 0 Å². The van der Waals surface area contributed by atoms with Gasteiger partial charge in [0.05, 0.1) is 6.20 Å². The van der Waals surface area contributed by atoms with Crippen molar-refractivity contribution in [2.75, 3.05) is 12.3 Å². The second kappa shape index (κ2) is 6.10. The van der Waals surface area contributed by atoms with Gasteiger partial charge in [-0.05, 0) is 26.0 Å². The summed E-state index contributed by atoms with van der Waals surface area (Å²) in [5.41, 5.74) is 6.21. The fourth-order valence-corrected chi connectivity index (χ4v) is 1.67. The quantitative estimate of drug-likeness (QED) is 0.812. The van der Waals surface area contributed by atoms with Crippen LogP contribution in [0.15, 0.2) is 34.9 Å². The molecule has 0 fully saturated rings. The molecule has 0 saturated heterocycles. The molecule has 1 atom stereocenters. The second-order valence-corrected chi connectivity index (χ2v) is 4.46. The van der Waals surface area contributed by atoms with Gasteiger partial charge in [0.25, 0.3) is 5.91 Å². The van der Waals surface area contributed by atoms with Crippen LogP contribution >= 0.6 is 0 Å². The van der Waals surface area contributed by atoms with Crippen molar-refractivity contribution in [2.45, 2.75) is 19.9 Å². The number of benzene rings is 1. The number of anilines is 1. The molecule has 1 aromatic carbocycles. The highest BCUT2D eigenvalue weighted by molar-refractivity contribution is 5.77. The molecule has 2 aromatic rings. The van der Waals surface area contributed by atoms with Gasteiger partial charge in [0.15, 0.2) is 6.61 Å². The van der Waals surface area contributed by atoms with Gasteiger partial charge in [-0.3, -0.25) is 4.79 Å². The largest absolute Gasteiger partial charge is 0.484 e. The first-order valence-corrected chi connectivity index (χ1v) is 6.24. The summed E-state index contributed by atoms with van der Waals surface area (Å²) in [4.78, 5) is 15.8. The number of carbonyl (C=O) groups excluding carboxylic acids is 1. The fourth-order valence-electron chi connectivity index (χ4n) is 1.67.